The predicted octanol–water partition coefficient (Wildman–Crippen LogP) is 2.80. The van der Waals surface area contributed by atoms with E-state index < -0.39 is 0 Å². The Kier molecular flexibility index (Phi) is 7.13. The fourth-order valence-electron chi connectivity index (χ4n) is 5.63. The molecule has 36 heavy (non-hydrogen) atoms. The van der Waals surface area contributed by atoms with E-state index >= 15 is 0 Å². The van der Waals surface area contributed by atoms with Crippen molar-refractivity contribution in [2.45, 2.75) is 38.1 Å². The van der Waals surface area contributed by atoms with Crippen molar-refractivity contribution in [3.63, 3.8) is 0 Å². The summed E-state index contributed by atoms with van der Waals surface area (Å²) in [4.78, 5) is 26.5. The lowest BCUT2D eigenvalue weighted by molar-refractivity contribution is 0.0398. The third-order valence-electron chi connectivity index (χ3n) is 7.74. The number of aromatic nitrogens is 5. The minimum absolute atomic E-state index is 0.480. The van der Waals surface area contributed by atoms with Crippen LogP contribution < -0.4 is 15.1 Å². The Balaban J connectivity index is 1.23. The number of hydrogen-bond acceptors (Lipinski definition) is 9. The van der Waals surface area contributed by atoms with Gasteiger partial charge in [0.2, 0.25) is 5.95 Å². The number of ether oxygens (including phenoxy) is 1. The molecule has 1 N–H and O–H groups in total. The number of fused-ring (bicyclic) bond motifs is 1. The molecule has 1 saturated carbocycles. The van der Waals surface area contributed by atoms with E-state index in [9.17, 15) is 0 Å². The van der Waals surface area contributed by atoms with Crippen LogP contribution in [-0.4, -0.2) is 95.0 Å². The first kappa shape index (κ1) is 23.4. The average molecular weight is 492 g/mol. The summed E-state index contributed by atoms with van der Waals surface area (Å²) in [6.07, 6.45) is 10.1. The molecule has 0 amide bonds. The van der Waals surface area contributed by atoms with E-state index in [2.05, 4.69) is 35.6 Å². The van der Waals surface area contributed by atoms with Gasteiger partial charge in [-0.2, -0.15) is 9.97 Å². The maximum Gasteiger partial charge on any atom is 0.229 e. The van der Waals surface area contributed by atoms with Crippen LogP contribution >= 0.6 is 0 Å². The number of imidazole rings is 1. The summed E-state index contributed by atoms with van der Waals surface area (Å²) in [5, 5.41) is 3.61. The first-order valence-corrected chi connectivity index (χ1v) is 13.5. The lowest BCUT2D eigenvalue weighted by Crippen LogP contribution is -2.47. The summed E-state index contributed by atoms with van der Waals surface area (Å²) >= 11 is 0. The van der Waals surface area contributed by atoms with E-state index in [0.29, 0.717) is 6.04 Å². The number of rotatable bonds is 7. The second kappa shape index (κ2) is 11.0. The Bertz CT molecular complexity index is 1120. The molecule has 1 aliphatic carbocycles. The van der Waals surface area contributed by atoms with Crippen LogP contribution in [0.3, 0.4) is 0 Å². The Morgan fingerprint density at radius 1 is 0.889 bits per heavy atom. The van der Waals surface area contributed by atoms with Crippen molar-refractivity contribution in [2.75, 3.05) is 80.7 Å². The highest BCUT2D eigenvalue weighted by atomic mass is 16.5. The van der Waals surface area contributed by atoms with Crippen LogP contribution in [0.25, 0.3) is 11.2 Å². The molecule has 3 fully saturated rings. The van der Waals surface area contributed by atoms with Crippen LogP contribution in [0.5, 0.6) is 0 Å². The van der Waals surface area contributed by atoms with E-state index in [1.165, 1.54) is 32.1 Å². The summed E-state index contributed by atoms with van der Waals surface area (Å²) in [5.41, 5.74) is 1.85. The standard InChI is InChI=1S/C26H37N9O/c1-2-6-21(7-3-1)35-20-29-23-24(28-10-11-32-16-18-36-19-17-32)30-26(31-25(23)35)34-14-12-33(13-15-34)22-8-4-5-9-27-22/h4-5,8-9,20-21H,1-3,6-7,10-19H2,(H,28,30,31). The van der Waals surface area contributed by atoms with E-state index in [-0.39, 0.29) is 0 Å². The van der Waals surface area contributed by atoms with Crippen molar-refractivity contribution >= 4 is 28.7 Å². The quantitative estimate of drug-likeness (QED) is 0.536. The largest absolute Gasteiger partial charge is 0.379 e. The smallest absolute Gasteiger partial charge is 0.229 e. The first-order valence-electron chi connectivity index (χ1n) is 13.5. The molecule has 0 bridgehead atoms. The van der Waals surface area contributed by atoms with Crippen LogP contribution in [0.1, 0.15) is 38.1 Å². The Hall–Kier alpha value is -2.98. The van der Waals surface area contributed by atoms with Gasteiger partial charge >= 0.3 is 0 Å². The molecule has 2 aliphatic heterocycles. The lowest BCUT2D eigenvalue weighted by Gasteiger charge is -2.35. The Labute approximate surface area is 212 Å². The van der Waals surface area contributed by atoms with Gasteiger partial charge in [-0.1, -0.05) is 25.3 Å². The number of hydrogen-bond donors (Lipinski definition) is 1. The van der Waals surface area contributed by atoms with Crippen molar-refractivity contribution in [3.8, 4) is 0 Å². The Morgan fingerprint density at radius 2 is 1.69 bits per heavy atom. The molecule has 3 aromatic heterocycles. The third-order valence-corrected chi connectivity index (χ3v) is 7.74. The van der Waals surface area contributed by atoms with Gasteiger partial charge in [0.25, 0.3) is 0 Å². The molecule has 5 heterocycles. The zero-order valence-corrected chi connectivity index (χ0v) is 21.1. The highest BCUT2D eigenvalue weighted by Gasteiger charge is 2.25. The summed E-state index contributed by atoms with van der Waals surface area (Å²) < 4.78 is 7.81. The van der Waals surface area contributed by atoms with Gasteiger partial charge in [-0.3, -0.25) is 4.90 Å². The molecule has 0 radical (unpaired) electrons. The maximum atomic E-state index is 5.49. The van der Waals surface area contributed by atoms with E-state index in [1.54, 1.807) is 0 Å². The second-order valence-corrected chi connectivity index (χ2v) is 10.0. The number of morpholine rings is 1. The number of piperazine rings is 1. The van der Waals surface area contributed by atoms with Crippen molar-refractivity contribution in [3.05, 3.63) is 30.7 Å². The van der Waals surface area contributed by atoms with Crippen LogP contribution in [-0.2, 0) is 4.74 Å². The molecular formula is C26H37N9O. The van der Waals surface area contributed by atoms with Gasteiger partial charge in [-0.05, 0) is 25.0 Å². The molecule has 0 atom stereocenters. The van der Waals surface area contributed by atoms with E-state index in [1.807, 2.05) is 24.7 Å². The molecule has 192 valence electrons. The highest BCUT2D eigenvalue weighted by molar-refractivity contribution is 5.84. The summed E-state index contributed by atoms with van der Waals surface area (Å²) in [7, 11) is 0. The van der Waals surface area contributed by atoms with Crippen LogP contribution in [0.15, 0.2) is 30.7 Å². The second-order valence-electron chi connectivity index (χ2n) is 10.0. The van der Waals surface area contributed by atoms with Crippen LogP contribution in [0, 0.1) is 0 Å². The van der Waals surface area contributed by atoms with Gasteiger partial charge in [0.15, 0.2) is 17.0 Å². The molecule has 2 saturated heterocycles. The summed E-state index contributed by atoms with van der Waals surface area (Å²) in [6.45, 7) is 8.95. The molecule has 10 nitrogen and oxygen atoms in total. The highest BCUT2D eigenvalue weighted by Crippen LogP contribution is 2.32. The zero-order valence-electron chi connectivity index (χ0n) is 21.1. The first-order chi connectivity index (χ1) is 17.8. The molecular weight excluding hydrogens is 454 g/mol. The van der Waals surface area contributed by atoms with Gasteiger partial charge in [0, 0.05) is 64.6 Å². The zero-order chi connectivity index (χ0) is 24.2. The normalized spacial score (nSPS) is 20.2. The number of anilines is 3. The molecule has 6 rings (SSSR count). The average Bonchev–Trinajstić information content (AvgIpc) is 3.39. The Morgan fingerprint density at radius 3 is 2.47 bits per heavy atom. The topological polar surface area (TPSA) is 87.5 Å². The van der Waals surface area contributed by atoms with Crippen molar-refractivity contribution < 1.29 is 4.74 Å². The van der Waals surface area contributed by atoms with Crippen molar-refractivity contribution in [2.24, 2.45) is 0 Å². The third kappa shape index (κ3) is 5.10. The molecule has 0 spiro atoms. The summed E-state index contributed by atoms with van der Waals surface area (Å²) in [5.74, 6) is 2.69. The monoisotopic (exact) mass is 491 g/mol. The predicted molar refractivity (Wildman–Crippen MR) is 142 cm³/mol. The summed E-state index contributed by atoms with van der Waals surface area (Å²) in [6, 6.07) is 6.57. The minimum Gasteiger partial charge on any atom is -0.379 e. The van der Waals surface area contributed by atoms with Gasteiger partial charge < -0.3 is 24.4 Å². The van der Waals surface area contributed by atoms with Gasteiger partial charge in [0.1, 0.15) is 5.82 Å². The molecule has 0 unspecified atom stereocenters. The molecule has 0 aromatic carbocycles. The number of nitrogens with zero attached hydrogens (tertiary/aromatic N) is 8. The van der Waals surface area contributed by atoms with Gasteiger partial charge in [-0.15, -0.1) is 0 Å². The van der Waals surface area contributed by atoms with Crippen molar-refractivity contribution in [1.29, 1.82) is 0 Å². The fraction of sp³-hybridized carbons (Fsp3) is 0.615. The number of pyridine rings is 1. The molecule has 10 heteroatoms. The van der Waals surface area contributed by atoms with Crippen molar-refractivity contribution in [1.82, 2.24) is 29.4 Å². The SMILES string of the molecule is c1ccc(N2CCN(c3nc(NCCN4CCOCC4)c4ncn(C5CCCCC5)c4n3)CC2)nc1. The van der Waals surface area contributed by atoms with E-state index in [4.69, 9.17) is 19.7 Å². The molecule has 3 aliphatic rings. The fourth-order valence-corrected chi connectivity index (χ4v) is 5.63. The van der Waals surface area contributed by atoms with Crippen LogP contribution in [0.2, 0.25) is 0 Å². The molecule has 3 aromatic rings. The van der Waals surface area contributed by atoms with Gasteiger partial charge in [0.05, 0.1) is 19.5 Å². The van der Waals surface area contributed by atoms with Gasteiger partial charge in [-0.25, -0.2) is 9.97 Å². The number of nitrogens with one attached hydrogen (secondary N) is 1. The maximum absolute atomic E-state index is 5.49. The van der Waals surface area contributed by atoms with E-state index in [0.717, 1.165) is 94.3 Å². The lowest BCUT2D eigenvalue weighted by atomic mass is 9.95. The van der Waals surface area contributed by atoms with Crippen LogP contribution in [0.4, 0.5) is 17.6 Å². The minimum atomic E-state index is 0.480.